The van der Waals surface area contributed by atoms with Gasteiger partial charge in [-0.25, -0.2) is 0 Å². The summed E-state index contributed by atoms with van der Waals surface area (Å²) < 4.78 is 0. The SMILES string of the molecule is CCCCC(O)CC(C)(C)CC. The highest BCUT2D eigenvalue weighted by atomic mass is 16.3. The van der Waals surface area contributed by atoms with Crippen molar-refractivity contribution in [3.05, 3.63) is 0 Å². The molecule has 0 heterocycles. The van der Waals surface area contributed by atoms with E-state index in [-0.39, 0.29) is 6.10 Å². The van der Waals surface area contributed by atoms with Crippen LogP contribution >= 0.6 is 0 Å². The second-order valence-electron chi connectivity index (χ2n) is 4.52. The zero-order chi connectivity index (χ0) is 9.61. The van der Waals surface area contributed by atoms with Gasteiger partial charge in [-0.05, 0) is 18.3 Å². The van der Waals surface area contributed by atoms with Crippen LogP contribution in [-0.2, 0) is 0 Å². The van der Waals surface area contributed by atoms with Gasteiger partial charge in [0, 0.05) is 0 Å². The monoisotopic (exact) mass is 172 g/mol. The van der Waals surface area contributed by atoms with E-state index in [1.165, 1.54) is 6.42 Å². The Balaban J connectivity index is 3.60. The number of hydrogen-bond donors (Lipinski definition) is 1. The van der Waals surface area contributed by atoms with E-state index in [1.807, 2.05) is 0 Å². The fraction of sp³-hybridized carbons (Fsp3) is 1.00. The van der Waals surface area contributed by atoms with E-state index in [0.29, 0.717) is 5.41 Å². The molecule has 0 radical (unpaired) electrons. The van der Waals surface area contributed by atoms with Crippen molar-refractivity contribution in [1.29, 1.82) is 0 Å². The Morgan fingerprint density at radius 3 is 2.25 bits per heavy atom. The van der Waals surface area contributed by atoms with Crippen LogP contribution in [0.4, 0.5) is 0 Å². The van der Waals surface area contributed by atoms with Crippen LogP contribution < -0.4 is 0 Å². The summed E-state index contributed by atoms with van der Waals surface area (Å²) in [6, 6.07) is 0. The molecule has 12 heavy (non-hydrogen) atoms. The van der Waals surface area contributed by atoms with Crippen LogP contribution in [0.2, 0.25) is 0 Å². The van der Waals surface area contributed by atoms with Gasteiger partial charge in [0.2, 0.25) is 0 Å². The minimum Gasteiger partial charge on any atom is -0.393 e. The van der Waals surface area contributed by atoms with Crippen LogP contribution in [0.15, 0.2) is 0 Å². The third-order valence-electron chi connectivity index (χ3n) is 2.64. The molecule has 1 nitrogen and oxygen atoms in total. The summed E-state index contributed by atoms with van der Waals surface area (Å²) in [5.41, 5.74) is 0.313. The molecule has 0 rings (SSSR count). The summed E-state index contributed by atoms with van der Waals surface area (Å²) in [5.74, 6) is 0. The van der Waals surface area contributed by atoms with Gasteiger partial charge in [-0.1, -0.05) is 47.0 Å². The summed E-state index contributed by atoms with van der Waals surface area (Å²) in [5, 5.41) is 9.65. The average Bonchev–Trinajstić information content (AvgIpc) is 2.00. The van der Waals surface area contributed by atoms with Gasteiger partial charge in [-0.15, -0.1) is 0 Å². The van der Waals surface area contributed by atoms with E-state index in [1.54, 1.807) is 0 Å². The Bertz CT molecular complexity index is 108. The number of aliphatic hydroxyl groups is 1. The van der Waals surface area contributed by atoms with Gasteiger partial charge in [0.05, 0.1) is 6.10 Å². The minimum atomic E-state index is -0.0834. The fourth-order valence-electron chi connectivity index (χ4n) is 1.32. The van der Waals surface area contributed by atoms with Crippen molar-refractivity contribution in [3.63, 3.8) is 0 Å². The Kier molecular flexibility index (Phi) is 5.56. The quantitative estimate of drug-likeness (QED) is 0.651. The maximum Gasteiger partial charge on any atom is 0.0545 e. The summed E-state index contributed by atoms with van der Waals surface area (Å²) in [4.78, 5) is 0. The molecule has 1 unspecified atom stereocenters. The third-order valence-corrected chi connectivity index (χ3v) is 2.64. The van der Waals surface area contributed by atoms with E-state index < -0.39 is 0 Å². The lowest BCUT2D eigenvalue weighted by atomic mass is 9.83. The zero-order valence-electron chi connectivity index (χ0n) is 9.06. The molecule has 1 N–H and O–H groups in total. The smallest absolute Gasteiger partial charge is 0.0545 e. The predicted octanol–water partition coefficient (Wildman–Crippen LogP) is 3.36. The fourth-order valence-corrected chi connectivity index (χ4v) is 1.32. The lowest BCUT2D eigenvalue weighted by Crippen LogP contribution is -2.19. The maximum absolute atomic E-state index is 9.65. The van der Waals surface area contributed by atoms with Crippen LogP contribution in [0, 0.1) is 5.41 Å². The van der Waals surface area contributed by atoms with Crippen molar-refractivity contribution in [2.24, 2.45) is 5.41 Å². The minimum absolute atomic E-state index is 0.0834. The molecule has 0 amide bonds. The molecular weight excluding hydrogens is 148 g/mol. The first-order valence-corrected chi connectivity index (χ1v) is 5.20. The standard InChI is InChI=1S/C11H24O/c1-5-7-8-10(12)9-11(3,4)6-2/h10,12H,5-9H2,1-4H3. The molecule has 0 bridgehead atoms. The first kappa shape index (κ1) is 12.0. The van der Waals surface area contributed by atoms with Gasteiger partial charge in [0.25, 0.3) is 0 Å². The molecule has 74 valence electrons. The van der Waals surface area contributed by atoms with Crippen LogP contribution in [-0.4, -0.2) is 11.2 Å². The first-order chi connectivity index (χ1) is 5.52. The second-order valence-corrected chi connectivity index (χ2v) is 4.52. The number of aliphatic hydroxyl groups excluding tert-OH is 1. The van der Waals surface area contributed by atoms with Gasteiger partial charge < -0.3 is 5.11 Å². The van der Waals surface area contributed by atoms with E-state index in [9.17, 15) is 5.11 Å². The largest absolute Gasteiger partial charge is 0.393 e. The molecule has 1 heteroatoms. The molecule has 0 saturated carbocycles. The number of rotatable bonds is 6. The van der Waals surface area contributed by atoms with E-state index in [4.69, 9.17) is 0 Å². The highest BCUT2D eigenvalue weighted by Crippen LogP contribution is 2.27. The van der Waals surface area contributed by atoms with Crippen LogP contribution in [0.5, 0.6) is 0 Å². The molecule has 1 atom stereocenters. The van der Waals surface area contributed by atoms with Crippen molar-refractivity contribution in [3.8, 4) is 0 Å². The van der Waals surface area contributed by atoms with Gasteiger partial charge >= 0.3 is 0 Å². The van der Waals surface area contributed by atoms with Crippen molar-refractivity contribution >= 4 is 0 Å². The summed E-state index contributed by atoms with van der Waals surface area (Å²) >= 11 is 0. The lowest BCUT2D eigenvalue weighted by molar-refractivity contribution is 0.102. The molecule has 0 saturated heterocycles. The third kappa shape index (κ3) is 5.59. The normalized spacial score (nSPS) is 14.8. The number of hydrogen-bond acceptors (Lipinski definition) is 1. The van der Waals surface area contributed by atoms with Crippen LogP contribution in [0.1, 0.15) is 59.8 Å². The summed E-state index contributed by atoms with van der Waals surface area (Å²) in [7, 11) is 0. The van der Waals surface area contributed by atoms with Gasteiger partial charge in [-0.3, -0.25) is 0 Å². The first-order valence-electron chi connectivity index (χ1n) is 5.20. The van der Waals surface area contributed by atoms with Crippen molar-refractivity contribution in [2.45, 2.75) is 65.9 Å². The Hall–Kier alpha value is -0.0400. The predicted molar refractivity (Wildman–Crippen MR) is 54.2 cm³/mol. The molecule has 0 aliphatic heterocycles. The average molecular weight is 172 g/mol. The summed E-state index contributed by atoms with van der Waals surface area (Å²) in [6.45, 7) is 8.80. The summed E-state index contributed by atoms with van der Waals surface area (Å²) in [6.07, 6.45) is 5.32. The zero-order valence-corrected chi connectivity index (χ0v) is 9.06. The van der Waals surface area contributed by atoms with E-state index in [0.717, 1.165) is 25.7 Å². The van der Waals surface area contributed by atoms with Crippen molar-refractivity contribution in [2.75, 3.05) is 0 Å². The van der Waals surface area contributed by atoms with Gasteiger partial charge in [-0.2, -0.15) is 0 Å². The highest BCUT2D eigenvalue weighted by Gasteiger charge is 2.19. The molecule has 0 aliphatic carbocycles. The van der Waals surface area contributed by atoms with E-state index >= 15 is 0 Å². The number of unbranched alkanes of at least 4 members (excludes halogenated alkanes) is 1. The topological polar surface area (TPSA) is 20.2 Å². The van der Waals surface area contributed by atoms with Crippen molar-refractivity contribution in [1.82, 2.24) is 0 Å². The lowest BCUT2D eigenvalue weighted by Gasteiger charge is -2.25. The highest BCUT2D eigenvalue weighted by molar-refractivity contribution is 4.71. The Labute approximate surface area is 77.2 Å². The molecule has 0 aromatic carbocycles. The molecule has 0 fully saturated rings. The Morgan fingerprint density at radius 1 is 1.25 bits per heavy atom. The molecule has 0 aromatic rings. The molecule has 0 spiro atoms. The maximum atomic E-state index is 9.65. The van der Waals surface area contributed by atoms with E-state index in [2.05, 4.69) is 27.7 Å². The van der Waals surface area contributed by atoms with Gasteiger partial charge in [0.15, 0.2) is 0 Å². The van der Waals surface area contributed by atoms with Crippen molar-refractivity contribution < 1.29 is 5.11 Å². The van der Waals surface area contributed by atoms with Crippen LogP contribution in [0.3, 0.4) is 0 Å². The van der Waals surface area contributed by atoms with Gasteiger partial charge in [0.1, 0.15) is 0 Å². The van der Waals surface area contributed by atoms with Crippen LogP contribution in [0.25, 0.3) is 0 Å². The molecule has 0 aromatic heterocycles. The molecule has 0 aliphatic rings. The second kappa shape index (κ2) is 5.58. The Morgan fingerprint density at radius 2 is 1.83 bits per heavy atom. The molecular formula is C11H24O.